The molecule has 2 amide bonds. The molecule has 2 heterocycles. The molecular formula is C40H46F4N6O2. The number of nitrogens with one attached hydrogen (secondary N) is 4. The standard InChI is InChI=1S/C40H46F4N6O2/c1-23(2)33(49-37(51)28-13-17-39(41,42)18-14-28)35-45-22-32(48-35)27-10-7-25(8-11-27)5-6-26-9-12-30-31(21-26)47-36(46-30)34(24(3)4)50-38(52)29-15-19-40(43,44)20-16-29/h7-12,21-24,28-29,33-34H,13-20H2,1-4H3,(H,45,48)(H,46,47)(H,49,51)(H,50,52)/t33-,34?/m0/s1. The van der Waals surface area contributed by atoms with Crippen molar-refractivity contribution in [2.45, 2.75) is 103 Å². The summed E-state index contributed by atoms with van der Waals surface area (Å²) >= 11 is 0. The molecule has 0 aliphatic heterocycles. The van der Waals surface area contributed by atoms with E-state index in [-0.39, 0.29) is 81.1 Å². The number of H-pyrrole nitrogens is 2. The van der Waals surface area contributed by atoms with Crippen LogP contribution >= 0.6 is 0 Å². The maximum Gasteiger partial charge on any atom is 0.248 e. The van der Waals surface area contributed by atoms with Crippen LogP contribution in [0.15, 0.2) is 48.7 Å². The Kier molecular flexibility index (Phi) is 10.8. The first-order valence-electron chi connectivity index (χ1n) is 18.2. The highest BCUT2D eigenvalue weighted by Gasteiger charge is 2.39. The van der Waals surface area contributed by atoms with Crippen molar-refractivity contribution in [2.24, 2.45) is 23.7 Å². The molecule has 52 heavy (non-hydrogen) atoms. The van der Waals surface area contributed by atoms with E-state index in [4.69, 9.17) is 4.98 Å². The van der Waals surface area contributed by atoms with Gasteiger partial charge < -0.3 is 20.6 Å². The molecule has 2 aliphatic carbocycles. The molecule has 4 aromatic rings. The molecule has 1 unspecified atom stereocenters. The van der Waals surface area contributed by atoms with E-state index >= 15 is 0 Å². The number of benzene rings is 2. The van der Waals surface area contributed by atoms with Crippen LogP contribution in [0.3, 0.4) is 0 Å². The predicted octanol–water partition coefficient (Wildman–Crippen LogP) is 8.63. The van der Waals surface area contributed by atoms with Crippen molar-refractivity contribution >= 4 is 22.8 Å². The van der Waals surface area contributed by atoms with Crippen molar-refractivity contribution in [3.05, 3.63) is 71.4 Å². The Bertz CT molecular complexity index is 1940. The molecule has 2 fully saturated rings. The Labute approximate surface area is 301 Å². The van der Waals surface area contributed by atoms with Gasteiger partial charge in [0.2, 0.25) is 23.7 Å². The molecule has 2 atom stereocenters. The van der Waals surface area contributed by atoms with Crippen LogP contribution in [0.5, 0.6) is 0 Å². The summed E-state index contributed by atoms with van der Waals surface area (Å²) in [5.74, 6) is 1.04. The molecule has 8 nitrogen and oxygen atoms in total. The van der Waals surface area contributed by atoms with Crippen LogP contribution < -0.4 is 10.6 Å². The van der Waals surface area contributed by atoms with Gasteiger partial charge in [-0.25, -0.2) is 27.5 Å². The number of halogens is 4. The normalized spacial score (nSPS) is 18.9. The van der Waals surface area contributed by atoms with E-state index in [0.29, 0.717) is 11.6 Å². The lowest BCUT2D eigenvalue weighted by molar-refractivity contribution is -0.131. The smallest absolute Gasteiger partial charge is 0.248 e. The predicted molar refractivity (Wildman–Crippen MR) is 191 cm³/mol. The van der Waals surface area contributed by atoms with Gasteiger partial charge in [-0.1, -0.05) is 51.7 Å². The Hall–Kier alpha value is -4.66. The van der Waals surface area contributed by atoms with Crippen molar-refractivity contribution in [1.82, 2.24) is 30.6 Å². The Morgan fingerprint density at radius 3 is 1.77 bits per heavy atom. The molecule has 2 saturated carbocycles. The van der Waals surface area contributed by atoms with Crippen molar-refractivity contribution in [2.75, 3.05) is 0 Å². The molecule has 0 bridgehead atoms. The maximum atomic E-state index is 13.6. The first-order valence-corrected chi connectivity index (χ1v) is 18.2. The molecule has 0 saturated heterocycles. The Morgan fingerprint density at radius 2 is 1.23 bits per heavy atom. The highest BCUT2D eigenvalue weighted by atomic mass is 19.3. The first-order chi connectivity index (χ1) is 24.7. The van der Waals surface area contributed by atoms with Crippen molar-refractivity contribution in [1.29, 1.82) is 0 Å². The van der Waals surface area contributed by atoms with E-state index in [2.05, 4.69) is 37.4 Å². The van der Waals surface area contributed by atoms with Gasteiger partial charge in [-0.15, -0.1) is 0 Å². The second kappa shape index (κ2) is 15.1. The summed E-state index contributed by atoms with van der Waals surface area (Å²) in [6.07, 6.45) is 1.38. The number of carbonyl (C=O) groups excluding carboxylic acids is 2. The minimum atomic E-state index is -2.69. The summed E-state index contributed by atoms with van der Waals surface area (Å²) in [4.78, 5) is 41.9. The number of aromatic nitrogens is 4. The third kappa shape index (κ3) is 8.85. The topological polar surface area (TPSA) is 116 Å². The van der Waals surface area contributed by atoms with Crippen molar-refractivity contribution in [3.8, 4) is 23.1 Å². The third-order valence-electron chi connectivity index (χ3n) is 10.3. The average Bonchev–Trinajstić information content (AvgIpc) is 3.76. The van der Waals surface area contributed by atoms with Gasteiger partial charge in [0, 0.05) is 48.6 Å². The van der Waals surface area contributed by atoms with Gasteiger partial charge >= 0.3 is 0 Å². The van der Waals surface area contributed by atoms with E-state index in [0.717, 1.165) is 33.4 Å². The van der Waals surface area contributed by atoms with E-state index in [9.17, 15) is 27.2 Å². The summed E-state index contributed by atoms with van der Waals surface area (Å²) in [5, 5.41) is 6.09. The number of hydrogen-bond acceptors (Lipinski definition) is 4. The summed E-state index contributed by atoms with van der Waals surface area (Å²) in [6.45, 7) is 7.93. The summed E-state index contributed by atoms with van der Waals surface area (Å²) in [6, 6.07) is 12.6. The minimum Gasteiger partial charge on any atom is -0.346 e. The number of amides is 2. The highest BCUT2D eigenvalue weighted by Crippen LogP contribution is 2.38. The molecule has 6 rings (SSSR count). The number of nitrogens with zero attached hydrogens (tertiary/aromatic N) is 2. The maximum absolute atomic E-state index is 13.6. The van der Waals surface area contributed by atoms with Gasteiger partial charge in [0.25, 0.3) is 0 Å². The van der Waals surface area contributed by atoms with Crippen LogP contribution in [0.2, 0.25) is 0 Å². The third-order valence-corrected chi connectivity index (χ3v) is 10.3. The number of rotatable bonds is 9. The first kappa shape index (κ1) is 37.1. The van der Waals surface area contributed by atoms with E-state index in [1.54, 1.807) is 6.20 Å². The van der Waals surface area contributed by atoms with Gasteiger partial charge in [0.05, 0.1) is 35.0 Å². The Morgan fingerprint density at radius 1 is 0.731 bits per heavy atom. The number of imidazole rings is 2. The fraction of sp³-hybridized carbons (Fsp3) is 0.500. The van der Waals surface area contributed by atoms with Crippen LogP contribution in [0.4, 0.5) is 17.6 Å². The monoisotopic (exact) mass is 718 g/mol. The highest BCUT2D eigenvalue weighted by molar-refractivity contribution is 5.80. The fourth-order valence-electron chi connectivity index (χ4n) is 7.02. The van der Waals surface area contributed by atoms with Gasteiger partial charge in [0.1, 0.15) is 11.6 Å². The number of fused-ring (bicyclic) bond motifs is 1. The van der Waals surface area contributed by atoms with Crippen LogP contribution in [0.1, 0.15) is 114 Å². The fourth-order valence-corrected chi connectivity index (χ4v) is 7.02. The molecule has 2 aromatic heterocycles. The largest absolute Gasteiger partial charge is 0.346 e. The quantitative estimate of drug-likeness (QED) is 0.102. The van der Waals surface area contributed by atoms with Crippen molar-refractivity contribution in [3.63, 3.8) is 0 Å². The zero-order valence-electron chi connectivity index (χ0n) is 30.0. The zero-order valence-corrected chi connectivity index (χ0v) is 30.0. The molecule has 0 spiro atoms. The molecule has 276 valence electrons. The average molecular weight is 719 g/mol. The van der Waals surface area contributed by atoms with Crippen molar-refractivity contribution < 1.29 is 27.2 Å². The van der Waals surface area contributed by atoms with E-state index < -0.39 is 29.7 Å². The second-order valence-corrected chi connectivity index (χ2v) is 15.1. The van der Waals surface area contributed by atoms with E-state index in [1.807, 2.05) is 70.2 Å². The van der Waals surface area contributed by atoms with Gasteiger partial charge in [-0.3, -0.25) is 9.59 Å². The number of hydrogen-bond donors (Lipinski definition) is 4. The molecule has 2 aliphatic rings. The molecule has 0 radical (unpaired) electrons. The molecule has 12 heteroatoms. The zero-order chi connectivity index (χ0) is 37.2. The molecule has 4 N–H and O–H groups in total. The van der Waals surface area contributed by atoms with Crippen LogP contribution in [0.25, 0.3) is 22.3 Å². The van der Waals surface area contributed by atoms with Crippen LogP contribution in [-0.4, -0.2) is 43.6 Å². The summed E-state index contributed by atoms with van der Waals surface area (Å²) < 4.78 is 54.5. The van der Waals surface area contributed by atoms with Crippen LogP contribution in [-0.2, 0) is 9.59 Å². The van der Waals surface area contributed by atoms with Gasteiger partial charge in [-0.2, -0.15) is 0 Å². The van der Waals surface area contributed by atoms with E-state index in [1.165, 1.54) is 0 Å². The molecule has 2 aromatic carbocycles. The summed E-state index contributed by atoms with van der Waals surface area (Å²) in [5.41, 5.74) is 4.78. The number of aromatic amines is 2. The number of alkyl halides is 4. The lowest BCUT2D eigenvalue weighted by Crippen LogP contribution is -2.39. The molecular weight excluding hydrogens is 672 g/mol. The van der Waals surface area contributed by atoms with Crippen LogP contribution in [0, 0.1) is 35.5 Å². The van der Waals surface area contributed by atoms with Gasteiger partial charge in [0.15, 0.2) is 0 Å². The van der Waals surface area contributed by atoms with Gasteiger partial charge in [-0.05, 0) is 73.4 Å². The lowest BCUT2D eigenvalue weighted by atomic mass is 9.86. The number of carbonyl (C=O) groups is 2. The minimum absolute atomic E-state index is 0.0226. The second-order valence-electron chi connectivity index (χ2n) is 15.1. The Balaban J connectivity index is 1.09. The lowest BCUT2D eigenvalue weighted by Gasteiger charge is -2.29. The SMILES string of the molecule is CC(C)C(NC(=O)C1CCC(F)(F)CC1)c1nc2ccc(C#Cc3ccc(-c4cnc([C@@H](NC(=O)C5CCC(F)(F)CC5)C(C)C)[nH]4)cc3)cc2[nH]1. The summed E-state index contributed by atoms with van der Waals surface area (Å²) in [7, 11) is 0.